The molecule has 1 aliphatic heterocycles. The zero-order valence-electron chi connectivity index (χ0n) is 17.2. The van der Waals surface area contributed by atoms with E-state index in [4.69, 9.17) is 4.42 Å². The van der Waals surface area contributed by atoms with Crippen molar-refractivity contribution < 1.29 is 14.0 Å². The fourth-order valence-corrected chi connectivity index (χ4v) is 3.60. The molecule has 0 fully saturated rings. The predicted octanol–water partition coefficient (Wildman–Crippen LogP) is 3.17. The van der Waals surface area contributed by atoms with Gasteiger partial charge in [-0.05, 0) is 47.7 Å². The van der Waals surface area contributed by atoms with Crippen molar-refractivity contribution in [1.29, 1.82) is 0 Å². The smallest absolute Gasteiger partial charge is 0.289 e. The highest BCUT2D eigenvalue weighted by Gasteiger charge is 2.20. The van der Waals surface area contributed by atoms with E-state index in [0.29, 0.717) is 30.7 Å². The molecule has 0 radical (unpaired) electrons. The largest absolute Gasteiger partial charge is 0.451 e. The monoisotopic (exact) mass is 404 g/mol. The third-order valence-electron chi connectivity index (χ3n) is 5.25. The molecule has 154 valence electrons. The van der Waals surface area contributed by atoms with Gasteiger partial charge in [0.15, 0.2) is 5.76 Å². The number of hydrogen-bond acceptors (Lipinski definition) is 5. The molecule has 7 nitrogen and oxygen atoms in total. The van der Waals surface area contributed by atoms with Gasteiger partial charge in [-0.25, -0.2) is 9.97 Å². The molecule has 0 spiro atoms. The van der Waals surface area contributed by atoms with Gasteiger partial charge < -0.3 is 14.2 Å². The summed E-state index contributed by atoms with van der Waals surface area (Å²) < 4.78 is 5.68. The number of fused-ring (bicyclic) bond motifs is 1. The Hall–Kier alpha value is -3.48. The first-order chi connectivity index (χ1) is 14.5. The maximum atomic E-state index is 12.7. The number of carbonyl (C=O) groups is 2. The van der Waals surface area contributed by atoms with Crippen LogP contribution >= 0.6 is 0 Å². The van der Waals surface area contributed by atoms with Crippen molar-refractivity contribution in [3.63, 3.8) is 0 Å². The summed E-state index contributed by atoms with van der Waals surface area (Å²) in [4.78, 5) is 36.2. The van der Waals surface area contributed by atoms with Crippen LogP contribution in [-0.4, -0.2) is 58.8 Å². The van der Waals surface area contributed by atoms with Crippen LogP contribution in [0.25, 0.3) is 16.5 Å². The van der Waals surface area contributed by atoms with Crippen LogP contribution in [0.1, 0.15) is 34.5 Å². The van der Waals surface area contributed by atoms with Gasteiger partial charge in [0, 0.05) is 51.4 Å². The SMILES string of the molecule is CN(C)C(=O)c1cc2cc(C3=CCCN(C(=O)CCc4cncnc4)C3)ccc2o1. The number of rotatable bonds is 5. The highest BCUT2D eigenvalue weighted by molar-refractivity contribution is 5.96. The first-order valence-corrected chi connectivity index (χ1v) is 9.97. The Morgan fingerprint density at radius 2 is 1.97 bits per heavy atom. The van der Waals surface area contributed by atoms with E-state index in [1.165, 1.54) is 11.2 Å². The summed E-state index contributed by atoms with van der Waals surface area (Å²) in [6.45, 7) is 1.31. The van der Waals surface area contributed by atoms with Crippen molar-refractivity contribution in [2.75, 3.05) is 27.2 Å². The van der Waals surface area contributed by atoms with Crippen LogP contribution in [0.2, 0.25) is 0 Å². The highest BCUT2D eigenvalue weighted by atomic mass is 16.3. The van der Waals surface area contributed by atoms with E-state index >= 15 is 0 Å². The van der Waals surface area contributed by atoms with Crippen LogP contribution in [0, 0.1) is 0 Å². The van der Waals surface area contributed by atoms with Gasteiger partial charge in [0.05, 0.1) is 0 Å². The second kappa shape index (κ2) is 8.49. The van der Waals surface area contributed by atoms with E-state index in [9.17, 15) is 9.59 Å². The number of furan rings is 1. The molecular formula is C23H24N4O3. The average molecular weight is 404 g/mol. The molecule has 1 aliphatic rings. The number of amides is 2. The minimum Gasteiger partial charge on any atom is -0.451 e. The Balaban J connectivity index is 1.46. The fourth-order valence-electron chi connectivity index (χ4n) is 3.60. The number of hydrogen-bond donors (Lipinski definition) is 0. The molecule has 0 saturated carbocycles. The van der Waals surface area contributed by atoms with Crippen LogP contribution < -0.4 is 0 Å². The lowest BCUT2D eigenvalue weighted by atomic mass is 9.99. The van der Waals surface area contributed by atoms with Gasteiger partial charge in [0.1, 0.15) is 11.9 Å². The standard InChI is InChI=1S/C23H24N4O3/c1-26(2)23(29)21-11-19-10-17(6-7-20(19)30-21)18-4-3-9-27(14-18)22(28)8-5-16-12-24-15-25-13-16/h4,6-7,10-13,15H,3,5,8-9,14H2,1-2H3. The Labute approximate surface area is 175 Å². The van der Waals surface area contributed by atoms with E-state index in [2.05, 4.69) is 16.0 Å². The summed E-state index contributed by atoms with van der Waals surface area (Å²) >= 11 is 0. The maximum Gasteiger partial charge on any atom is 0.289 e. The number of aryl methyl sites for hydroxylation is 1. The molecule has 4 rings (SSSR count). The summed E-state index contributed by atoms with van der Waals surface area (Å²) in [6.07, 6.45) is 9.07. The molecule has 3 aromatic rings. The van der Waals surface area contributed by atoms with E-state index in [-0.39, 0.29) is 11.8 Å². The molecule has 3 heterocycles. The molecule has 0 unspecified atom stereocenters. The Bertz CT molecular complexity index is 1100. The predicted molar refractivity (Wildman–Crippen MR) is 114 cm³/mol. The van der Waals surface area contributed by atoms with Crippen LogP contribution in [0.4, 0.5) is 0 Å². The van der Waals surface area contributed by atoms with Gasteiger partial charge in [0.2, 0.25) is 5.91 Å². The van der Waals surface area contributed by atoms with Gasteiger partial charge >= 0.3 is 0 Å². The molecule has 0 atom stereocenters. The normalized spacial score (nSPS) is 13.9. The molecule has 30 heavy (non-hydrogen) atoms. The second-order valence-corrected chi connectivity index (χ2v) is 7.64. The summed E-state index contributed by atoms with van der Waals surface area (Å²) in [6, 6.07) is 7.66. The van der Waals surface area contributed by atoms with Crippen LogP contribution in [0.15, 0.2) is 53.5 Å². The van der Waals surface area contributed by atoms with Crippen LogP contribution in [0.3, 0.4) is 0 Å². The summed E-state index contributed by atoms with van der Waals surface area (Å²) in [7, 11) is 3.40. The molecule has 1 aromatic carbocycles. The van der Waals surface area contributed by atoms with E-state index in [1.807, 2.05) is 23.1 Å². The van der Waals surface area contributed by atoms with E-state index < -0.39 is 0 Å². The molecule has 0 saturated heterocycles. The molecular weight excluding hydrogens is 380 g/mol. The van der Waals surface area contributed by atoms with Crippen molar-refractivity contribution in [1.82, 2.24) is 19.8 Å². The molecule has 0 aliphatic carbocycles. The van der Waals surface area contributed by atoms with Gasteiger partial charge in [-0.3, -0.25) is 9.59 Å². The van der Waals surface area contributed by atoms with Gasteiger partial charge in [-0.15, -0.1) is 0 Å². The van der Waals surface area contributed by atoms with Crippen molar-refractivity contribution in [2.45, 2.75) is 19.3 Å². The molecule has 2 amide bonds. The maximum absolute atomic E-state index is 12.7. The minimum atomic E-state index is -0.162. The number of benzene rings is 1. The lowest BCUT2D eigenvalue weighted by molar-refractivity contribution is -0.130. The quantitative estimate of drug-likeness (QED) is 0.653. The Kier molecular flexibility index (Phi) is 5.61. The summed E-state index contributed by atoms with van der Waals surface area (Å²) in [5, 5.41) is 0.881. The van der Waals surface area contributed by atoms with Crippen molar-refractivity contribution in [3.8, 4) is 0 Å². The van der Waals surface area contributed by atoms with Crippen molar-refractivity contribution in [2.24, 2.45) is 0 Å². The number of nitrogens with zero attached hydrogens (tertiary/aromatic N) is 4. The van der Waals surface area contributed by atoms with E-state index in [1.54, 1.807) is 32.6 Å². The third-order valence-corrected chi connectivity index (χ3v) is 5.25. The lowest BCUT2D eigenvalue weighted by Crippen LogP contribution is -2.35. The van der Waals surface area contributed by atoms with Crippen LogP contribution in [-0.2, 0) is 11.2 Å². The number of carbonyl (C=O) groups excluding carboxylic acids is 2. The first kappa shape index (κ1) is 19.8. The van der Waals surface area contributed by atoms with Crippen molar-refractivity contribution >= 4 is 28.4 Å². The molecule has 2 aromatic heterocycles. The third kappa shape index (κ3) is 4.25. The zero-order valence-corrected chi connectivity index (χ0v) is 17.2. The fraction of sp³-hybridized carbons (Fsp3) is 0.304. The molecule has 0 bridgehead atoms. The van der Waals surface area contributed by atoms with E-state index in [0.717, 1.165) is 35.1 Å². The van der Waals surface area contributed by atoms with Gasteiger partial charge in [-0.2, -0.15) is 0 Å². The van der Waals surface area contributed by atoms with Gasteiger partial charge in [-0.1, -0.05) is 12.1 Å². The average Bonchev–Trinajstić information content (AvgIpc) is 3.21. The van der Waals surface area contributed by atoms with Crippen LogP contribution in [0.5, 0.6) is 0 Å². The lowest BCUT2D eigenvalue weighted by Gasteiger charge is -2.28. The van der Waals surface area contributed by atoms with Gasteiger partial charge in [0.25, 0.3) is 5.91 Å². The Morgan fingerprint density at radius 3 is 2.73 bits per heavy atom. The zero-order chi connectivity index (χ0) is 21.1. The number of aromatic nitrogens is 2. The minimum absolute atomic E-state index is 0.132. The molecule has 0 N–H and O–H groups in total. The summed E-state index contributed by atoms with van der Waals surface area (Å²) in [5.41, 5.74) is 3.80. The van der Waals surface area contributed by atoms with Crippen molar-refractivity contribution in [3.05, 3.63) is 65.9 Å². The first-order valence-electron chi connectivity index (χ1n) is 9.97. The summed E-state index contributed by atoms with van der Waals surface area (Å²) in [5.74, 6) is 0.296. The Morgan fingerprint density at radius 1 is 1.17 bits per heavy atom. The molecule has 7 heteroatoms. The highest BCUT2D eigenvalue weighted by Crippen LogP contribution is 2.27. The topological polar surface area (TPSA) is 79.5 Å². The second-order valence-electron chi connectivity index (χ2n) is 7.64.